The first kappa shape index (κ1) is 81.1. The number of phosphoric ester groups is 2. The summed E-state index contributed by atoms with van der Waals surface area (Å²) in [6.45, 7) is 9.42. The zero-order valence-electron chi connectivity index (χ0n) is 53.5. The molecule has 83 heavy (non-hydrogen) atoms. The van der Waals surface area contributed by atoms with Crippen LogP contribution in [0.2, 0.25) is 0 Å². The molecule has 0 aliphatic heterocycles. The number of phosphoric acid groups is 2. The average Bonchev–Trinajstić information content (AvgIpc) is 3.45. The Kier molecular flexibility index (Phi) is 55.2. The molecule has 0 spiro atoms. The summed E-state index contributed by atoms with van der Waals surface area (Å²) in [4.78, 5) is 72.0. The standard InChI is InChI=1S/C64H124O17P2/c1-7-10-12-14-16-27-34-40-46-61(66)74-52-59(80-63(68)48-42-36-28-17-15-13-11-8-2)54-78-82(70,71)76-50-58(65)51-77-83(72,73)79-55-60(53-75-62(67)47-41-35-31-30-33-39-45-57(6)9-3)81-64(69)49-43-37-29-25-23-21-19-18-20-22-24-26-32-38-44-56(4)5/h56-60,65H,7-55H2,1-6H3,(H,70,71)(H,72,73)/t57?,58-,59+,60+/m0/s1. The molecule has 0 aromatic rings. The van der Waals surface area contributed by atoms with E-state index in [1.165, 1.54) is 116 Å². The normalized spacial score (nSPS) is 14.6. The highest BCUT2D eigenvalue weighted by atomic mass is 31.2. The average molecular weight is 1230 g/mol. The van der Waals surface area contributed by atoms with Crippen LogP contribution in [0.1, 0.15) is 318 Å². The molecule has 0 saturated carbocycles. The lowest BCUT2D eigenvalue weighted by Gasteiger charge is -2.21. The van der Waals surface area contributed by atoms with Gasteiger partial charge in [0.25, 0.3) is 0 Å². The maximum Gasteiger partial charge on any atom is 0.472 e. The van der Waals surface area contributed by atoms with Gasteiger partial charge in [-0.25, -0.2) is 9.13 Å². The summed E-state index contributed by atoms with van der Waals surface area (Å²) in [5.41, 5.74) is 0. The molecule has 0 amide bonds. The van der Waals surface area contributed by atoms with Crippen LogP contribution >= 0.6 is 15.6 Å². The van der Waals surface area contributed by atoms with E-state index >= 15 is 0 Å². The van der Waals surface area contributed by atoms with E-state index in [0.717, 1.165) is 121 Å². The van der Waals surface area contributed by atoms with E-state index in [1.54, 1.807) is 0 Å². The third-order valence-corrected chi connectivity index (χ3v) is 17.0. The van der Waals surface area contributed by atoms with Crippen molar-refractivity contribution in [2.24, 2.45) is 11.8 Å². The van der Waals surface area contributed by atoms with Gasteiger partial charge in [0.2, 0.25) is 0 Å². The van der Waals surface area contributed by atoms with Crippen molar-refractivity contribution in [3.8, 4) is 0 Å². The fraction of sp³-hybridized carbons (Fsp3) is 0.938. The van der Waals surface area contributed by atoms with E-state index in [-0.39, 0.29) is 25.7 Å². The molecule has 492 valence electrons. The largest absolute Gasteiger partial charge is 0.472 e. The molecular weight excluding hydrogens is 1100 g/mol. The summed E-state index contributed by atoms with van der Waals surface area (Å²) in [5, 5.41) is 10.5. The van der Waals surface area contributed by atoms with Gasteiger partial charge in [-0.1, -0.05) is 266 Å². The molecule has 6 atom stereocenters. The molecule has 0 aliphatic rings. The maximum absolute atomic E-state index is 13.0. The van der Waals surface area contributed by atoms with E-state index in [0.29, 0.717) is 25.7 Å². The number of carbonyl (C=O) groups excluding carboxylic acids is 4. The zero-order chi connectivity index (χ0) is 61.5. The Hall–Kier alpha value is -1.94. The second-order valence-electron chi connectivity index (χ2n) is 23.9. The van der Waals surface area contributed by atoms with Crippen LogP contribution in [0.4, 0.5) is 0 Å². The number of hydrogen-bond acceptors (Lipinski definition) is 15. The number of aliphatic hydroxyl groups excluding tert-OH is 1. The first-order valence-electron chi connectivity index (χ1n) is 33.5. The highest BCUT2D eigenvalue weighted by molar-refractivity contribution is 7.47. The molecule has 19 heteroatoms. The zero-order valence-corrected chi connectivity index (χ0v) is 55.3. The van der Waals surface area contributed by atoms with Crippen molar-refractivity contribution >= 4 is 39.5 Å². The summed E-state index contributed by atoms with van der Waals surface area (Å²) in [7, 11) is -9.88. The molecule has 0 aromatic carbocycles. The Labute approximate surface area is 505 Å². The lowest BCUT2D eigenvalue weighted by molar-refractivity contribution is -0.161. The lowest BCUT2D eigenvalue weighted by atomic mass is 10.00. The van der Waals surface area contributed by atoms with Gasteiger partial charge >= 0.3 is 39.5 Å². The van der Waals surface area contributed by atoms with E-state index < -0.39 is 97.5 Å². The Morgan fingerprint density at radius 3 is 0.916 bits per heavy atom. The Balaban J connectivity index is 5.18. The Morgan fingerprint density at radius 2 is 0.614 bits per heavy atom. The fourth-order valence-electron chi connectivity index (χ4n) is 9.50. The topological polar surface area (TPSA) is 237 Å². The molecule has 0 aliphatic carbocycles. The highest BCUT2D eigenvalue weighted by Crippen LogP contribution is 2.45. The number of esters is 4. The summed E-state index contributed by atoms with van der Waals surface area (Å²) < 4.78 is 67.9. The molecule has 17 nitrogen and oxygen atoms in total. The first-order valence-corrected chi connectivity index (χ1v) is 36.5. The van der Waals surface area contributed by atoms with Gasteiger partial charge in [0, 0.05) is 25.7 Å². The van der Waals surface area contributed by atoms with Crippen LogP contribution in [-0.4, -0.2) is 96.7 Å². The number of carbonyl (C=O) groups is 4. The van der Waals surface area contributed by atoms with Crippen molar-refractivity contribution < 1.29 is 80.2 Å². The highest BCUT2D eigenvalue weighted by Gasteiger charge is 2.30. The van der Waals surface area contributed by atoms with Crippen LogP contribution in [0.15, 0.2) is 0 Å². The van der Waals surface area contributed by atoms with E-state index in [9.17, 15) is 43.2 Å². The van der Waals surface area contributed by atoms with Crippen molar-refractivity contribution in [2.45, 2.75) is 336 Å². The van der Waals surface area contributed by atoms with Crippen LogP contribution in [0.25, 0.3) is 0 Å². The summed E-state index contributed by atoms with van der Waals surface area (Å²) in [6, 6.07) is 0. The molecule has 3 unspecified atom stereocenters. The minimum Gasteiger partial charge on any atom is -0.462 e. The Morgan fingerprint density at radius 1 is 0.349 bits per heavy atom. The van der Waals surface area contributed by atoms with Gasteiger partial charge in [-0.2, -0.15) is 0 Å². The van der Waals surface area contributed by atoms with Crippen LogP contribution in [0, 0.1) is 11.8 Å². The molecule has 0 saturated heterocycles. The quantitative estimate of drug-likeness (QED) is 0.0222. The summed E-state index contributed by atoms with van der Waals surface area (Å²) in [6.07, 6.45) is 39.1. The second kappa shape index (κ2) is 56.6. The molecule has 0 radical (unpaired) electrons. The molecule has 0 heterocycles. The van der Waals surface area contributed by atoms with Crippen LogP contribution in [-0.2, 0) is 65.4 Å². The smallest absolute Gasteiger partial charge is 0.462 e. The third-order valence-electron chi connectivity index (χ3n) is 15.1. The van der Waals surface area contributed by atoms with Crippen molar-refractivity contribution in [2.75, 3.05) is 39.6 Å². The fourth-order valence-corrected chi connectivity index (χ4v) is 11.1. The number of rotatable bonds is 63. The maximum atomic E-state index is 13.0. The predicted molar refractivity (Wildman–Crippen MR) is 331 cm³/mol. The minimum atomic E-state index is -4.94. The van der Waals surface area contributed by atoms with E-state index in [1.807, 2.05) is 0 Å². The van der Waals surface area contributed by atoms with Crippen molar-refractivity contribution in [1.82, 2.24) is 0 Å². The van der Waals surface area contributed by atoms with Gasteiger partial charge in [-0.3, -0.25) is 37.3 Å². The predicted octanol–water partition coefficient (Wildman–Crippen LogP) is 17.7. The van der Waals surface area contributed by atoms with Gasteiger partial charge in [0.15, 0.2) is 12.2 Å². The second-order valence-corrected chi connectivity index (χ2v) is 26.8. The molecule has 3 N–H and O–H groups in total. The van der Waals surface area contributed by atoms with E-state index in [2.05, 4.69) is 41.5 Å². The summed E-state index contributed by atoms with van der Waals surface area (Å²) >= 11 is 0. The van der Waals surface area contributed by atoms with Crippen molar-refractivity contribution in [1.29, 1.82) is 0 Å². The van der Waals surface area contributed by atoms with Crippen molar-refractivity contribution in [3.05, 3.63) is 0 Å². The molecule has 0 fully saturated rings. The number of ether oxygens (including phenoxy) is 4. The Bertz CT molecular complexity index is 1630. The molecular formula is C64H124O17P2. The van der Waals surface area contributed by atoms with Crippen LogP contribution in [0.3, 0.4) is 0 Å². The van der Waals surface area contributed by atoms with Crippen LogP contribution in [0.5, 0.6) is 0 Å². The molecule has 0 rings (SSSR count). The number of aliphatic hydroxyl groups is 1. The van der Waals surface area contributed by atoms with Gasteiger partial charge in [-0.05, 0) is 37.5 Å². The molecule has 0 bridgehead atoms. The third kappa shape index (κ3) is 57.6. The summed E-state index contributed by atoms with van der Waals surface area (Å²) in [5.74, 6) is -0.613. The van der Waals surface area contributed by atoms with E-state index in [4.69, 9.17) is 37.0 Å². The van der Waals surface area contributed by atoms with Crippen molar-refractivity contribution in [3.63, 3.8) is 0 Å². The minimum absolute atomic E-state index is 0.104. The number of hydrogen-bond donors (Lipinski definition) is 3. The SMILES string of the molecule is CCCCCCCCCCC(=O)OC[C@H](COP(=O)(O)OC[C@H](O)COP(=O)(O)OC[C@@H](COC(=O)CCCCCCCCC(C)CC)OC(=O)CCCCCCCCCCCCCCCCC(C)C)OC(=O)CCCCCCCCCC. The van der Waals surface area contributed by atoms with Gasteiger partial charge in [-0.15, -0.1) is 0 Å². The number of unbranched alkanes of at least 4 members (excludes halogenated alkanes) is 32. The van der Waals surface area contributed by atoms with Gasteiger partial charge in [0.05, 0.1) is 26.4 Å². The van der Waals surface area contributed by atoms with Gasteiger partial charge < -0.3 is 33.8 Å². The van der Waals surface area contributed by atoms with Gasteiger partial charge in [0.1, 0.15) is 19.3 Å². The molecule has 0 aromatic heterocycles. The van der Waals surface area contributed by atoms with Crippen LogP contribution < -0.4 is 0 Å². The lowest BCUT2D eigenvalue weighted by Crippen LogP contribution is -2.30. The first-order chi connectivity index (χ1) is 39.9. The monoisotopic (exact) mass is 1230 g/mol.